The third-order valence-corrected chi connectivity index (χ3v) is 3.82. The lowest BCUT2D eigenvalue weighted by Gasteiger charge is -2.15. The summed E-state index contributed by atoms with van der Waals surface area (Å²) in [6.07, 6.45) is 1.81. The van der Waals surface area contributed by atoms with Gasteiger partial charge in [-0.05, 0) is 23.8 Å². The van der Waals surface area contributed by atoms with E-state index in [1.807, 2.05) is 31.4 Å². The third-order valence-electron chi connectivity index (χ3n) is 2.97. The topological polar surface area (TPSA) is 92.4 Å². The van der Waals surface area contributed by atoms with Crippen LogP contribution in [0.5, 0.6) is 0 Å². The molecule has 0 radical (unpaired) electrons. The van der Waals surface area contributed by atoms with E-state index in [9.17, 15) is 9.59 Å². The van der Waals surface area contributed by atoms with Crippen molar-refractivity contribution in [2.45, 2.75) is 32.7 Å². The minimum absolute atomic E-state index is 0.00322. The van der Waals surface area contributed by atoms with E-state index >= 15 is 0 Å². The maximum absolute atomic E-state index is 12.0. The number of nitrogens with zero attached hydrogens (tertiary/aromatic N) is 1. The summed E-state index contributed by atoms with van der Waals surface area (Å²) in [4.78, 5) is 28.2. The Labute approximate surface area is 132 Å². The normalized spacial score (nSPS) is 12.3. The van der Waals surface area contributed by atoms with Crippen molar-refractivity contribution in [3.05, 3.63) is 29.5 Å². The van der Waals surface area contributed by atoms with Crippen LogP contribution in [0.3, 0.4) is 0 Å². The first-order valence-electron chi connectivity index (χ1n) is 6.96. The molecule has 2 aromatic rings. The number of carboxylic acid groups (broad SMARTS) is 1. The Morgan fingerprint density at radius 3 is 2.82 bits per heavy atom. The molecule has 0 saturated heterocycles. The number of aromatic nitrogens is 1. The van der Waals surface area contributed by atoms with Gasteiger partial charge in [-0.1, -0.05) is 19.9 Å². The summed E-state index contributed by atoms with van der Waals surface area (Å²) in [6, 6.07) is 2.89. The molecule has 22 heavy (non-hydrogen) atoms. The average Bonchev–Trinajstić information content (AvgIpc) is 3.07. The SMILES string of the molecule is CC(C)CC(NC(=O)Cc1coc(-c2cccs2)n1)C(=O)O. The van der Waals surface area contributed by atoms with E-state index in [1.165, 1.54) is 17.6 Å². The van der Waals surface area contributed by atoms with Crippen molar-refractivity contribution in [2.75, 3.05) is 0 Å². The number of hydrogen-bond acceptors (Lipinski definition) is 5. The fraction of sp³-hybridized carbons (Fsp3) is 0.400. The smallest absolute Gasteiger partial charge is 0.326 e. The van der Waals surface area contributed by atoms with Crippen LogP contribution in [0, 0.1) is 5.92 Å². The zero-order chi connectivity index (χ0) is 16.1. The largest absolute Gasteiger partial charge is 0.480 e. The molecule has 0 aliphatic rings. The van der Waals surface area contributed by atoms with Gasteiger partial charge in [-0.25, -0.2) is 9.78 Å². The number of nitrogens with one attached hydrogen (secondary N) is 1. The molecule has 2 aromatic heterocycles. The highest BCUT2D eigenvalue weighted by atomic mass is 32.1. The molecule has 1 amide bonds. The van der Waals surface area contributed by atoms with E-state index in [0.29, 0.717) is 18.0 Å². The molecule has 1 unspecified atom stereocenters. The fourth-order valence-electron chi connectivity index (χ4n) is 2.00. The number of hydrogen-bond donors (Lipinski definition) is 2. The van der Waals surface area contributed by atoms with Crippen molar-refractivity contribution < 1.29 is 19.1 Å². The van der Waals surface area contributed by atoms with Crippen molar-refractivity contribution in [1.82, 2.24) is 10.3 Å². The van der Waals surface area contributed by atoms with Gasteiger partial charge in [0.1, 0.15) is 12.3 Å². The van der Waals surface area contributed by atoms with E-state index in [2.05, 4.69) is 10.3 Å². The Morgan fingerprint density at radius 2 is 2.23 bits per heavy atom. The van der Waals surface area contributed by atoms with Gasteiger partial charge in [-0.3, -0.25) is 4.79 Å². The summed E-state index contributed by atoms with van der Waals surface area (Å²) in [5.41, 5.74) is 0.481. The minimum Gasteiger partial charge on any atom is -0.480 e. The summed E-state index contributed by atoms with van der Waals surface area (Å²) in [5.74, 6) is -0.755. The molecule has 0 aliphatic heterocycles. The summed E-state index contributed by atoms with van der Waals surface area (Å²) >= 11 is 1.50. The Hall–Kier alpha value is -2.15. The Bertz CT molecular complexity index is 634. The van der Waals surface area contributed by atoms with Gasteiger partial charge in [-0.2, -0.15) is 0 Å². The molecule has 0 aromatic carbocycles. The highest BCUT2D eigenvalue weighted by molar-refractivity contribution is 7.13. The molecule has 7 heteroatoms. The van der Waals surface area contributed by atoms with Crippen LogP contribution < -0.4 is 5.32 Å². The van der Waals surface area contributed by atoms with Crippen molar-refractivity contribution in [1.29, 1.82) is 0 Å². The van der Waals surface area contributed by atoms with Gasteiger partial charge in [0.15, 0.2) is 0 Å². The highest BCUT2D eigenvalue weighted by Gasteiger charge is 2.21. The maximum Gasteiger partial charge on any atom is 0.326 e. The van der Waals surface area contributed by atoms with Gasteiger partial charge < -0.3 is 14.8 Å². The van der Waals surface area contributed by atoms with Gasteiger partial charge in [-0.15, -0.1) is 11.3 Å². The minimum atomic E-state index is -1.03. The molecule has 1 atom stereocenters. The molecule has 2 rings (SSSR count). The van der Waals surface area contributed by atoms with Crippen LogP contribution in [0.15, 0.2) is 28.2 Å². The lowest BCUT2D eigenvalue weighted by atomic mass is 10.0. The first-order chi connectivity index (χ1) is 10.5. The number of carbonyl (C=O) groups is 2. The summed E-state index contributed by atoms with van der Waals surface area (Å²) in [7, 11) is 0. The summed E-state index contributed by atoms with van der Waals surface area (Å²) < 4.78 is 5.33. The maximum atomic E-state index is 12.0. The fourth-order valence-corrected chi connectivity index (χ4v) is 2.66. The van der Waals surface area contributed by atoms with E-state index in [0.717, 1.165) is 4.88 Å². The van der Waals surface area contributed by atoms with Crippen molar-refractivity contribution in [3.8, 4) is 10.8 Å². The number of carbonyl (C=O) groups excluding carboxylic acids is 1. The first kappa shape index (κ1) is 16.2. The van der Waals surface area contributed by atoms with Crippen LogP contribution >= 0.6 is 11.3 Å². The highest BCUT2D eigenvalue weighted by Crippen LogP contribution is 2.23. The molecule has 6 nitrogen and oxygen atoms in total. The van der Waals surface area contributed by atoms with E-state index in [1.54, 1.807) is 0 Å². The zero-order valence-corrected chi connectivity index (χ0v) is 13.2. The molecular weight excluding hydrogens is 304 g/mol. The van der Waals surface area contributed by atoms with E-state index < -0.39 is 12.0 Å². The molecule has 2 N–H and O–H groups in total. The standard InChI is InChI=1S/C15H18N2O4S/c1-9(2)6-11(15(19)20)17-13(18)7-10-8-21-14(16-10)12-4-3-5-22-12/h3-5,8-9,11H,6-7H2,1-2H3,(H,17,18)(H,19,20). The molecule has 118 valence electrons. The predicted octanol–water partition coefficient (Wildman–Crippen LogP) is 2.56. The zero-order valence-electron chi connectivity index (χ0n) is 12.4. The van der Waals surface area contributed by atoms with Gasteiger partial charge in [0, 0.05) is 0 Å². The van der Waals surface area contributed by atoms with Crippen LogP contribution in [0.25, 0.3) is 10.8 Å². The molecule has 0 fully saturated rings. The second kappa shape index (κ2) is 7.22. The van der Waals surface area contributed by atoms with Gasteiger partial charge in [0.2, 0.25) is 11.8 Å². The van der Waals surface area contributed by atoms with Crippen LogP contribution in [-0.2, 0) is 16.0 Å². The molecule has 2 heterocycles. The Balaban J connectivity index is 1.95. The van der Waals surface area contributed by atoms with Gasteiger partial charge in [0.05, 0.1) is 17.0 Å². The molecule has 0 bridgehead atoms. The first-order valence-corrected chi connectivity index (χ1v) is 7.84. The molecule has 0 saturated carbocycles. The number of aliphatic carboxylic acids is 1. The number of oxazole rings is 1. The van der Waals surface area contributed by atoms with Gasteiger partial charge >= 0.3 is 5.97 Å². The van der Waals surface area contributed by atoms with E-state index in [4.69, 9.17) is 9.52 Å². The van der Waals surface area contributed by atoms with Crippen LogP contribution in [-0.4, -0.2) is 28.0 Å². The summed E-state index contributed by atoms with van der Waals surface area (Å²) in [6.45, 7) is 3.82. The van der Waals surface area contributed by atoms with E-state index in [-0.39, 0.29) is 18.2 Å². The predicted molar refractivity (Wildman–Crippen MR) is 82.5 cm³/mol. The van der Waals surface area contributed by atoms with Crippen LogP contribution in [0.4, 0.5) is 0 Å². The Kier molecular flexibility index (Phi) is 5.32. The average molecular weight is 322 g/mol. The number of rotatable bonds is 7. The van der Waals surface area contributed by atoms with Crippen molar-refractivity contribution in [2.24, 2.45) is 5.92 Å². The van der Waals surface area contributed by atoms with Gasteiger partial charge in [0.25, 0.3) is 0 Å². The molecule has 0 aliphatic carbocycles. The quantitative estimate of drug-likeness (QED) is 0.817. The van der Waals surface area contributed by atoms with Crippen LogP contribution in [0.1, 0.15) is 26.0 Å². The van der Waals surface area contributed by atoms with Crippen molar-refractivity contribution in [3.63, 3.8) is 0 Å². The second-order valence-corrected chi connectivity index (χ2v) is 6.33. The number of carboxylic acids is 1. The van der Waals surface area contributed by atoms with Crippen molar-refractivity contribution >= 4 is 23.2 Å². The Morgan fingerprint density at radius 1 is 1.45 bits per heavy atom. The molecule has 0 spiro atoms. The number of thiophene rings is 1. The summed E-state index contributed by atoms with van der Waals surface area (Å²) in [5, 5.41) is 13.6. The lowest BCUT2D eigenvalue weighted by Crippen LogP contribution is -2.42. The number of amides is 1. The monoisotopic (exact) mass is 322 g/mol. The lowest BCUT2D eigenvalue weighted by molar-refractivity contribution is -0.142. The third kappa shape index (κ3) is 4.42. The second-order valence-electron chi connectivity index (χ2n) is 5.39. The molecular formula is C15H18N2O4S. The van der Waals surface area contributed by atoms with Crippen LogP contribution in [0.2, 0.25) is 0 Å².